The average Bonchev–Trinajstić information content (AvgIpc) is 3.10. The number of anilines is 1. The van der Waals surface area contributed by atoms with E-state index < -0.39 is 5.91 Å². The number of pyridine rings is 1. The van der Waals surface area contributed by atoms with E-state index in [4.69, 9.17) is 0 Å². The van der Waals surface area contributed by atoms with Gasteiger partial charge in [0.25, 0.3) is 5.91 Å². The van der Waals surface area contributed by atoms with Gasteiger partial charge in [0.15, 0.2) is 5.78 Å². The fraction of sp³-hybridized carbons (Fsp3) is 0.111. The minimum Gasteiger partial charge on any atom is -0.356 e. The Morgan fingerprint density at radius 2 is 1.96 bits per heavy atom. The van der Waals surface area contributed by atoms with E-state index in [1.807, 2.05) is 24.3 Å². The van der Waals surface area contributed by atoms with Crippen LogP contribution in [0.1, 0.15) is 27.8 Å². The van der Waals surface area contributed by atoms with Gasteiger partial charge < -0.3 is 15.6 Å². The topological polar surface area (TPSA) is 104 Å². The number of amides is 2. The van der Waals surface area contributed by atoms with Gasteiger partial charge in [0.2, 0.25) is 5.91 Å². The molecular weight excluding hydrogens is 320 g/mol. The number of benzene rings is 1. The van der Waals surface area contributed by atoms with E-state index in [1.54, 1.807) is 12.3 Å². The van der Waals surface area contributed by atoms with Gasteiger partial charge in [0.05, 0.1) is 17.7 Å². The predicted molar refractivity (Wildman–Crippen MR) is 93.5 cm³/mol. The van der Waals surface area contributed by atoms with Crippen LogP contribution in [-0.2, 0) is 4.79 Å². The van der Waals surface area contributed by atoms with E-state index >= 15 is 0 Å². The number of Topliss-reactive ketones (excluding diaryl/α,β-unsaturated/α-hetero) is 1. The lowest BCUT2D eigenvalue weighted by molar-refractivity contribution is -0.115. The molecule has 3 N–H and O–H groups in total. The number of hydrogen-bond acceptors (Lipinski definition) is 4. The zero-order valence-corrected chi connectivity index (χ0v) is 13.5. The van der Waals surface area contributed by atoms with E-state index in [2.05, 4.69) is 20.6 Å². The SMILES string of the molecule is CC(=O)c1c[nH]c(C(=O)NCC(=O)Nc2cccc3cccnc23)c1. The van der Waals surface area contributed by atoms with Crippen LogP contribution >= 0.6 is 0 Å². The average molecular weight is 336 g/mol. The molecule has 7 nitrogen and oxygen atoms in total. The Hall–Kier alpha value is -3.48. The largest absolute Gasteiger partial charge is 0.356 e. The van der Waals surface area contributed by atoms with Crippen LogP contribution < -0.4 is 10.6 Å². The lowest BCUT2D eigenvalue weighted by atomic mass is 10.2. The Kier molecular flexibility index (Phi) is 4.56. The normalized spacial score (nSPS) is 10.4. The molecule has 0 bridgehead atoms. The Morgan fingerprint density at radius 1 is 1.16 bits per heavy atom. The van der Waals surface area contributed by atoms with Gasteiger partial charge in [0, 0.05) is 23.3 Å². The highest BCUT2D eigenvalue weighted by Crippen LogP contribution is 2.20. The summed E-state index contributed by atoms with van der Waals surface area (Å²) in [6.45, 7) is 1.22. The Labute approximate surface area is 143 Å². The molecule has 2 amide bonds. The van der Waals surface area contributed by atoms with Crippen LogP contribution in [0.2, 0.25) is 0 Å². The van der Waals surface area contributed by atoms with Gasteiger partial charge >= 0.3 is 0 Å². The molecule has 1 aromatic carbocycles. The predicted octanol–water partition coefficient (Wildman–Crippen LogP) is 2.13. The minimum absolute atomic E-state index is 0.142. The third-order valence-electron chi connectivity index (χ3n) is 3.65. The number of aromatic amines is 1. The summed E-state index contributed by atoms with van der Waals surface area (Å²) in [5.74, 6) is -0.972. The number of fused-ring (bicyclic) bond motifs is 1. The van der Waals surface area contributed by atoms with Gasteiger partial charge in [-0.2, -0.15) is 0 Å². The van der Waals surface area contributed by atoms with Gasteiger partial charge in [-0.3, -0.25) is 19.4 Å². The van der Waals surface area contributed by atoms with Gasteiger partial charge in [-0.25, -0.2) is 0 Å². The van der Waals surface area contributed by atoms with Crippen molar-refractivity contribution in [2.24, 2.45) is 0 Å². The standard InChI is InChI=1S/C18H16N4O3/c1-11(23)13-8-15(20-9-13)18(25)21-10-16(24)22-14-6-2-4-12-5-3-7-19-17(12)14/h2-9,20H,10H2,1H3,(H,21,25)(H,22,24). The first-order chi connectivity index (χ1) is 12.0. The first kappa shape index (κ1) is 16.4. The molecule has 0 atom stereocenters. The summed E-state index contributed by atoms with van der Waals surface area (Å²) in [5, 5.41) is 6.15. The number of nitrogens with one attached hydrogen (secondary N) is 3. The highest BCUT2D eigenvalue weighted by molar-refractivity contribution is 6.03. The summed E-state index contributed by atoms with van der Waals surface area (Å²) in [7, 11) is 0. The number of para-hydroxylation sites is 1. The summed E-state index contributed by atoms with van der Waals surface area (Å²) < 4.78 is 0. The lowest BCUT2D eigenvalue weighted by Gasteiger charge is -2.08. The lowest BCUT2D eigenvalue weighted by Crippen LogP contribution is -2.33. The Morgan fingerprint density at radius 3 is 2.72 bits per heavy atom. The van der Waals surface area contributed by atoms with Crippen molar-refractivity contribution in [2.75, 3.05) is 11.9 Å². The molecule has 0 unspecified atom stereocenters. The van der Waals surface area contributed by atoms with Crippen molar-refractivity contribution in [2.45, 2.75) is 6.92 Å². The third kappa shape index (κ3) is 3.72. The van der Waals surface area contributed by atoms with Gasteiger partial charge in [-0.1, -0.05) is 18.2 Å². The van der Waals surface area contributed by atoms with E-state index in [1.165, 1.54) is 19.2 Å². The smallest absolute Gasteiger partial charge is 0.268 e. The molecule has 25 heavy (non-hydrogen) atoms. The summed E-state index contributed by atoms with van der Waals surface area (Å²) in [4.78, 5) is 42.3. The maximum Gasteiger partial charge on any atom is 0.268 e. The fourth-order valence-corrected chi connectivity index (χ4v) is 2.38. The quantitative estimate of drug-likeness (QED) is 0.621. The highest BCUT2D eigenvalue weighted by atomic mass is 16.2. The van der Waals surface area contributed by atoms with Crippen molar-refractivity contribution in [3.8, 4) is 0 Å². The number of rotatable bonds is 5. The van der Waals surface area contributed by atoms with Gasteiger partial charge in [0.1, 0.15) is 5.69 Å². The number of ketones is 1. The molecule has 0 aliphatic carbocycles. The number of hydrogen-bond donors (Lipinski definition) is 3. The van der Waals surface area contributed by atoms with Crippen molar-refractivity contribution in [3.63, 3.8) is 0 Å². The molecule has 7 heteroatoms. The third-order valence-corrected chi connectivity index (χ3v) is 3.65. The molecule has 126 valence electrons. The zero-order chi connectivity index (χ0) is 17.8. The molecule has 0 aliphatic heterocycles. The summed E-state index contributed by atoms with van der Waals surface area (Å²) in [5.41, 5.74) is 1.90. The van der Waals surface area contributed by atoms with Crippen LogP contribution in [-0.4, -0.2) is 34.1 Å². The number of carbonyl (C=O) groups excluding carboxylic acids is 3. The van der Waals surface area contributed by atoms with Crippen LogP contribution in [0, 0.1) is 0 Å². The molecule has 0 saturated carbocycles. The van der Waals surface area contributed by atoms with Crippen molar-refractivity contribution >= 4 is 34.2 Å². The molecule has 0 spiro atoms. The van der Waals surface area contributed by atoms with E-state index in [0.717, 1.165) is 5.39 Å². The summed E-state index contributed by atoms with van der Waals surface area (Å²) in [6.07, 6.45) is 3.11. The van der Waals surface area contributed by atoms with Crippen molar-refractivity contribution in [1.29, 1.82) is 0 Å². The molecule has 0 fully saturated rings. The maximum absolute atomic E-state index is 12.1. The van der Waals surface area contributed by atoms with Crippen molar-refractivity contribution < 1.29 is 14.4 Å². The van der Waals surface area contributed by atoms with E-state index in [0.29, 0.717) is 16.8 Å². The fourth-order valence-electron chi connectivity index (χ4n) is 2.38. The second-order valence-corrected chi connectivity index (χ2v) is 5.47. The van der Waals surface area contributed by atoms with Gasteiger partial charge in [-0.15, -0.1) is 0 Å². The second-order valence-electron chi connectivity index (χ2n) is 5.47. The first-order valence-corrected chi connectivity index (χ1v) is 7.66. The monoisotopic (exact) mass is 336 g/mol. The highest BCUT2D eigenvalue weighted by Gasteiger charge is 2.12. The van der Waals surface area contributed by atoms with Crippen molar-refractivity contribution in [3.05, 3.63) is 60.0 Å². The molecule has 0 saturated heterocycles. The van der Waals surface area contributed by atoms with Gasteiger partial charge in [-0.05, 0) is 25.1 Å². The second kappa shape index (κ2) is 6.96. The van der Waals surface area contributed by atoms with E-state index in [-0.39, 0.29) is 23.9 Å². The minimum atomic E-state index is -0.460. The molecule has 3 rings (SSSR count). The zero-order valence-electron chi connectivity index (χ0n) is 13.5. The van der Waals surface area contributed by atoms with Crippen molar-refractivity contribution in [1.82, 2.24) is 15.3 Å². The summed E-state index contributed by atoms with van der Waals surface area (Å²) >= 11 is 0. The molecule has 0 aliphatic rings. The number of carbonyl (C=O) groups is 3. The Bertz CT molecular complexity index is 956. The Balaban J connectivity index is 1.62. The molecule has 2 aromatic heterocycles. The molecule has 2 heterocycles. The number of aromatic nitrogens is 2. The molecular formula is C18H16N4O3. The molecule has 3 aromatic rings. The molecule has 0 radical (unpaired) electrons. The van der Waals surface area contributed by atoms with Crippen LogP contribution in [0.25, 0.3) is 10.9 Å². The number of H-pyrrole nitrogens is 1. The van der Waals surface area contributed by atoms with Crippen LogP contribution in [0.5, 0.6) is 0 Å². The van der Waals surface area contributed by atoms with Crippen LogP contribution in [0.3, 0.4) is 0 Å². The summed E-state index contributed by atoms with van der Waals surface area (Å²) in [6, 6.07) is 10.6. The number of nitrogens with zero attached hydrogens (tertiary/aromatic N) is 1. The van der Waals surface area contributed by atoms with Crippen LogP contribution in [0.4, 0.5) is 5.69 Å². The van der Waals surface area contributed by atoms with Crippen LogP contribution in [0.15, 0.2) is 48.8 Å². The maximum atomic E-state index is 12.1. The van der Waals surface area contributed by atoms with E-state index in [9.17, 15) is 14.4 Å². The first-order valence-electron chi connectivity index (χ1n) is 7.66.